The smallest absolute Gasteiger partial charge is 0.341 e. The van der Waals surface area contributed by atoms with Gasteiger partial charge in [-0.15, -0.1) is 23.1 Å². The van der Waals surface area contributed by atoms with Crippen LogP contribution in [0.25, 0.3) is 0 Å². The molecule has 0 saturated heterocycles. The summed E-state index contributed by atoms with van der Waals surface area (Å²) in [6.45, 7) is 7.64. The van der Waals surface area contributed by atoms with Gasteiger partial charge in [-0.1, -0.05) is 45.0 Å². The van der Waals surface area contributed by atoms with Gasteiger partial charge in [-0.05, 0) is 48.2 Å². The number of nitrogens with one attached hydrogen (secondary N) is 3. The Morgan fingerprint density at radius 3 is 2.24 bits per heavy atom. The highest BCUT2D eigenvalue weighted by Crippen LogP contribution is 2.34. The van der Waals surface area contributed by atoms with Crippen LogP contribution in [0.1, 0.15) is 52.8 Å². The number of rotatable bonds is 9. The summed E-state index contributed by atoms with van der Waals surface area (Å²) >= 11 is 2.31. The molecule has 1 aromatic heterocycles. The molecule has 0 spiro atoms. The van der Waals surface area contributed by atoms with Gasteiger partial charge in [-0.25, -0.2) is 4.79 Å². The highest BCUT2D eigenvalue weighted by Gasteiger charge is 2.26. The Kier molecular flexibility index (Phi) is 9.71. The van der Waals surface area contributed by atoms with Gasteiger partial charge in [0.2, 0.25) is 11.8 Å². The summed E-state index contributed by atoms with van der Waals surface area (Å²) in [6, 6.07) is 16.2. The third-order valence-electron chi connectivity index (χ3n) is 5.21. The van der Waals surface area contributed by atoms with Crippen LogP contribution in [-0.2, 0) is 14.3 Å². The van der Waals surface area contributed by atoms with Crippen LogP contribution in [0.3, 0.4) is 0 Å². The summed E-state index contributed by atoms with van der Waals surface area (Å²) in [5, 5.41) is 8.70. The first kappa shape index (κ1) is 28.9. The summed E-state index contributed by atoms with van der Waals surface area (Å²) in [6.07, 6.45) is 0.390. The maximum absolute atomic E-state index is 12.9. The van der Waals surface area contributed by atoms with E-state index in [1.807, 2.05) is 39.0 Å². The van der Waals surface area contributed by atoms with Crippen molar-refractivity contribution >= 4 is 63.2 Å². The van der Waals surface area contributed by atoms with Crippen molar-refractivity contribution in [3.63, 3.8) is 0 Å². The maximum atomic E-state index is 12.9. The number of esters is 1. The van der Waals surface area contributed by atoms with E-state index in [4.69, 9.17) is 4.74 Å². The third-order valence-corrected chi connectivity index (χ3v) is 7.41. The summed E-state index contributed by atoms with van der Waals surface area (Å²) in [4.78, 5) is 51.5. The zero-order chi connectivity index (χ0) is 27.9. The molecule has 0 saturated carbocycles. The molecule has 200 valence electrons. The number of methoxy groups -OCH3 is 1. The first-order chi connectivity index (χ1) is 18.0. The van der Waals surface area contributed by atoms with Crippen molar-refractivity contribution in [3.05, 3.63) is 70.6 Å². The van der Waals surface area contributed by atoms with Crippen LogP contribution < -0.4 is 16.0 Å². The number of hydrogen-bond donors (Lipinski definition) is 3. The molecule has 0 fully saturated rings. The van der Waals surface area contributed by atoms with Crippen molar-refractivity contribution in [1.82, 2.24) is 0 Å². The molecule has 0 atom stereocenters. The maximum Gasteiger partial charge on any atom is 0.341 e. The van der Waals surface area contributed by atoms with Crippen LogP contribution >= 0.6 is 23.1 Å². The Morgan fingerprint density at radius 1 is 0.895 bits per heavy atom. The lowest BCUT2D eigenvalue weighted by Gasteiger charge is -2.17. The predicted octanol–water partition coefficient (Wildman–Crippen LogP) is 6.20. The minimum atomic E-state index is -0.640. The average molecular weight is 554 g/mol. The van der Waals surface area contributed by atoms with Crippen LogP contribution in [0.2, 0.25) is 0 Å². The molecular weight excluding hydrogens is 522 g/mol. The minimum absolute atomic E-state index is 0.0580. The predicted molar refractivity (Wildman–Crippen MR) is 153 cm³/mol. The van der Waals surface area contributed by atoms with Crippen molar-refractivity contribution < 1.29 is 23.9 Å². The molecule has 10 heteroatoms. The summed E-state index contributed by atoms with van der Waals surface area (Å²) < 4.78 is 4.90. The Balaban J connectivity index is 1.69. The molecule has 1 heterocycles. The lowest BCUT2D eigenvalue weighted by Crippen LogP contribution is -2.19. The average Bonchev–Trinajstić information content (AvgIpc) is 3.17. The van der Waals surface area contributed by atoms with Crippen molar-refractivity contribution in [2.75, 3.05) is 28.8 Å². The van der Waals surface area contributed by atoms with Crippen molar-refractivity contribution in [2.45, 2.75) is 39.0 Å². The van der Waals surface area contributed by atoms with Gasteiger partial charge in [0.15, 0.2) is 0 Å². The number of benzene rings is 2. The molecule has 3 rings (SSSR count). The molecule has 3 aromatic rings. The molecule has 3 amide bonds. The normalized spacial score (nSPS) is 11.0. The quantitative estimate of drug-likeness (QED) is 0.215. The van der Waals surface area contributed by atoms with E-state index in [9.17, 15) is 19.2 Å². The summed E-state index contributed by atoms with van der Waals surface area (Å²) in [5.41, 5.74) is 1.72. The number of thioether (sulfide) groups is 1. The fraction of sp³-hybridized carbons (Fsp3) is 0.286. The van der Waals surface area contributed by atoms with Gasteiger partial charge in [-0.2, -0.15) is 0 Å². The molecule has 0 radical (unpaired) electrons. The largest absolute Gasteiger partial charge is 0.465 e. The fourth-order valence-electron chi connectivity index (χ4n) is 3.54. The number of carbonyl (C=O) groups excluding carboxylic acids is 4. The van der Waals surface area contributed by atoms with Crippen molar-refractivity contribution in [1.29, 1.82) is 0 Å². The number of para-hydroxylation sites is 1. The molecule has 0 aliphatic carbocycles. The number of amides is 3. The Labute approximate surface area is 230 Å². The van der Waals surface area contributed by atoms with Gasteiger partial charge in [0.05, 0.1) is 23.3 Å². The van der Waals surface area contributed by atoms with Crippen LogP contribution in [-0.4, -0.2) is 36.6 Å². The number of thiophene rings is 1. The van der Waals surface area contributed by atoms with Crippen LogP contribution in [0, 0.1) is 12.3 Å². The van der Waals surface area contributed by atoms with E-state index in [0.717, 1.165) is 16.2 Å². The molecular formula is C28H31N3O5S2. The number of hydrogen-bond acceptors (Lipinski definition) is 7. The second-order valence-corrected chi connectivity index (χ2v) is 11.8. The topological polar surface area (TPSA) is 114 Å². The standard InChI is InChI=1S/C28H31N3O5S2/c1-17-23(27(35)36-5)26(38-24(17)25(34)30-18-10-7-6-8-11-18)31-22(33)16-37-20-13-9-12-19(14-20)29-21(32)15-28(2,3)4/h6-14H,15-16H2,1-5H3,(H,29,32)(H,30,34)(H,31,33). The van der Waals surface area contributed by atoms with Gasteiger partial charge in [0, 0.05) is 22.7 Å². The lowest BCUT2D eigenvalue weighted by molar-refractivity contribution is -0.118. The van der Waals surface area contributed by atoms with E-state index in [2.05, 4.69) is 16.0 Å². The number of ether oxygens (including phenoxy) is 1. The Hall–Kier alpha value is -3.63. The summed E-state index contributed by atoms with van der Waals surface area (Å²) in [7, 11) is 1.25. The molecule has 38 heavy (non-hydrogen) atoms. The SMILES string of the molecule is COC(=O)c1c(NC(=O)CSc2cccc(NC(=O)CC(C)(C)C)c2)sc(C(=O)Nc2ccccc2)c1C. The van der Waals surface area contributed by atoms with Crippen LogP contribution in [0.4, 0.5) is 16.4 Å². The fourth-order valence-corrected chi connectivity index (χ4v) is 5.40. The molecule has 3 N–H and O–H groups in total. The van der Waals surface area contributed by atoms with Crippen molar-refractivity contribution in [3.8, 4) is 0 Å². The molecule has 2 aromatic carbocycles. The Morgan fingerprint density at radius 2 is 1.58 bits per heavy atom. The number of anilines is 3. The van der Waals surface area contributed by atoms with E-state index in [0.29, 0.717) is 28.2 Å². The van der Waals surface area contributed by atoms with E-state index in [1.165, 1.54) is 18.9 Å². The van der Waals surface area contributed by atoms with Gasteiger partial charge in [0.1, 0.15) is 5.00 Å². The first-order valence-corrected chi connectivity index (χ1v) is 13.7. The lowest BCUT2D eigenvalue weighted by atomic mass is 9.92. The summed E-state index contributed by atoms with van der Waals surface area (Å²) in [5.74, 6) is -1.39. The first-order valence-electron chi connectivity index (χ1n) is 11.9. The van der Waals surface area contributed by atoms with Crippen LogP contribution in [0.15, 0.2) is 59.5 Å². The van der Waals surface area contributed by atoms with Gasteiger partial charge < -0.3 is 20.7 Å². The monoisotopic (exact) mass is 553 g/mol. The highest BCUT2D eigenvalue weighted by molar-refractivity contribution is 8.00. The van der Waals surface area contributed by atoms with E-state index in [-0.39, 0.29) is 39.5 Å². The molecule has 8 nitrogen and oxygen atoms in total. The third kappa shape index (κ3) is 8.19. The second kappa shape index (κ2) is 12.7. The zero-order valence-corrected chi connectivity index (χ0v) is 23.6. The van der Waals surface area contributed by atoms with E-state index < -0.39 is 5.97 Å². The van der Waals surface area contributed by atoms with Gasteiger partial charge >= 0.3 is 5.97 Å². The zero-order valence-electron chi connectivity index (χ0n) is 22.0. The van der Waals surface area contributed by atoms with E-state index >= 15 is 0 Å². The minimum Gasteiger partial charge on any atom is -0.465 e. The second-order valence-electron chi connectivity index (χ2n) is 9.72. The van der Waals surface area contributed by atoms with Crippen LogP contribution in [0.5, 0.6) is 0 Å². The van der Waals surface area contributed by atoms with Gasteiger partial charge in [-0.3, -0.25) is 14.4 Å². The number of carbonyl (C=O) groups is 4. The molecule has 0 bridgehead atoms. The molecule has 0 unspecified atom stereocenters. The molecule has 0 aliphatic rings. The molecule has 0 aliphatic heterocycles. The van der Waals surface area contributed by atoms with Crippen molar-refractivity contribution in [2.24, 2.45) is 5.41 Å². The van der Waals surface area contributed by atoms with E-state index in [1.54, 1.807) is 43.3 Å². The van der Waals surface area contributed by atoms with Gasteiger partial charge in [0.25, 0.3) is 5.91 Å². The highest BCUT2D eigenvalue weighted by atomic mass is 32.2. The Bertz CT molecular complexity index is 1330.